The third kappa shape index (κ3) is 2.66. The Kier molecular flexibility index (Phi) is 3.68. The average Bonchev–Trinajstić information content (AvgIpc) is 2.63. The van der Waals surface area contributed by atoms with E-state index in [-0.39, 0.29) is 0 Å². The molecule has 4 nitrogen and oxygen atoms in total. The van der Waals surface area contributed by atoms with E-state index < -0.39 is 0 Å². The number of benzene rings is 1. The van der Waals surface area contributed by atoms with Gasteiger partial charge in [0.05, 0.1) is 0 Å². The van der Waals surface area contributed by atoms with Gasteiger partial charge in [-0.05, 0) is 28.1 Å². The molecular weight excluding hydrogens is 267 g/mol. The van der Waals surface area contributed by atoms with Crippen LogP contribution in [0.15, 0.2) is 23.4 Å². The minimum absolute atomic E-state index is 0.638. The van der Waals surface area contributed by atoms with Gasteiger partial charge < -0.3 is 0 Å². The predicted octanol–water partition coefficient (Wildman–Crippen LogP) is 2.81. The minimum atomic E-state index is 0.638. The van der Waals surface area contributed by atoms with E-state index in [4.69, 9.17) is 23.2 Å². The van der Waals surface area contributed by atoms with Crippen LogP contribution >= 0.6 is 35.0 Å². The second-order valence-corrected chi connectivity index (χ2v) is 4.90. The quantitative estimate of drug-likeness (QED) is 0.808. The van der Waals surface area contributed by atoms with Crippen molar-refractivity contribution in [3.63, 3.8) is 0 Å². The molecule has 0 bridgehead atoms. The van der Waals surface area contributed by atoms with Crippen molar-refractivity contribution >= 4 is 35.0 Å². The van der Waals surface area contributed by atoms with Crippen molar-refractivity contribution in [2.45, 2.75) is 10.9 Å². The predicted molar refractivity (Wildman–Crippen MR) is 64.8 cm³/mol. The summed E-state index contributed by atoms with van der Waals surface area (Å²) in [6.07, 6.45) is 0. The molecule has 0 aliphatic carbocycles. The summed E-state index contributed by atoms with van der Waals surface area (Å²) in [5.41, 5.74) is 1.01. The lowest BCUT2D eigenvalue weighted by Gasteiger charge is -2.03. The zero-order valence-electron chi connectivity index (χ0n) is 8.39. The molecule has 1 heterocycles. The van der Waals surface area contributed by atoms with Crippen LogP contribution in [-0.4, -0.2) is 20.2 Å². The van der Waals surface area contributed by atoms with Crippen molar-refractivity contribution in [2.24, 2.45) is 7.05 Å². The van der Waals surface area contributed by atoms with E-state index in [1.54, 1.807) is 17.8 Å². The van der Waals surface area contributed by atoms with Crippen molar-refractivity contribution in [1.29, 1.82) is 0 Å². The summed E-state index contributed by atoms with van der Waals surface area (Å²) >= 11 is 13.4. The molecule has 1 aromatic carbocycles. The third-order valence-corrected chi connectivity index (χ3v) is 3.60. The zero-order chi connectivity index (χ0) is 11.5. The first kappa shape index (κ1) is 11.7. The van der Waals surface area contributed by atoms with Gasteiger partial charge in [0.15, 0.2) is 0 Å². The summed E-state index contributed by atoms with van der Waals surface area (Å²) in [7, 11) is 1.80. The first-order chi connectivity index (χ1) is 7.66. The van der Waals surface area contributed by atoms with E-state index in [0.717, 1.165) is 10.7 Å². The first-order valence-corrected chi connectivity index (χ1v) is 6.20. The standard InChI is InChI=1S/C9H8Cl2N4S/c1-15-9(12-13-14-15)16-5-6-2-3-7(10)4-8(6)11/h2-4H,5H2,1H3. The van der Waals surface area contributed by atoms with E-state index in [2.05, 4.69) is 15.5 Å². The smallest absolute Gasteiger partial charge is 0.209 e. The molecule has 2 aromatic rings. The minimum Gasteiger partial charge on any atom is -0.224 e. The number of nitrogens with zero attached hydrogens (tertiary/aromatic N) is 4. The molecule has 1 aromatic heterocycles. The van der Waals surface area contributed by atoms with Gasteiger partial charge in [-0.1, -0.05) is 41.0 Å². The van der Waals surface area contributed by atoms with E-state index in [1.807, 2.05) is 12.1 Å². The molecule has 0 saturated carbocycles. The molecular formula is C9H8Cl2N4S. The molecule has 7 heteroatoms. The number of hydrogen-bond donors (Lipinski definition) is 0. The summed E-state index contributed by atoms with van der Waals surface area (Å²) in [6, 6.07) is 5.45. The molecule has 0 unspecified atom stereocenters. The number of aryl methyl sites for hydroxylation is 1. The van der Waals surface area contributed by atoms with Crippen molar-refractivity contribution in [3.8, 4) is 0 Å². The highest BCUT2D eigenvalue weighted by Crippen LogP contribution is 2.26. The van der Waals surface area contributed by atoms with Gasteiger partial charge in [-0.3, -0.25) is 0 Å². The van der Waals surface area contributed by atoms with Gasteiger partial charge in [-0.2, -0.15) is 0 Å². The maximum atomic E-state index is 6.05. The summed E-state index contributed by atoms with van der Waals surface area (Å²) in [5.74, 6) is 0.713. The lowest BCUT2D eigenvalue weighted by atomic mass is 10.2. The maximum Gasteiger partial charge on any atom is 0.209 e. The molecule has 0 aliphatic heterocycles. The zero-order valence-corrected chi connectivity index (χ0v) is 10.7. The van der Waals surface area contributed by atoms with Gasteiger partial charge >= 0.3 is 0 Å². The van der Waals surface area contributed by atoms with Gasteiger partial charge in [0, 0.05) is 22.8 Å². The van der Waals surface area contributed by atoms with Gasteiger partial charge in [0.2, 0.25) is 5.16 Å². The van der Waals surface area contributed by atoms with Crippen LogP contribution in [0, 0.1) is 0 Å². The van der Waals surface area contributed by atoms with Crippen molar-refractivity contribution in [3.05, 3.63) is 33.8 Å². The molecule has 0 amide bonds. The highest BCUT2D eigenvalue weighted by Gasteiger charge is 2.06. The SMILES string of the molecule is Cn1nnnc1SCc1ccc(Cl)cc1Cl. The molecule has 0 radical (unpaired) electrons. The maximum absolute atomic E-state index is 6.05. The Bertz CT molecular complexity index is 500. The first-order valence-electron chi connectivity index (χ1n) is 4.46. The fourth-order valence-electron chi connectivity index (χ4n) is 1.12. The molecule has 0 saturated heterocycles. The normalized spacial score (nSPS) is 10.7. The molecule has 0 aliphatic rings. The van der Waals surface area contributed by atoms with Crippen LogP contribution in [0.2, 0.25) is 10.0 Å². The van der Waals surface area contributed by atoms with Crippen LogP contribution in [0.25, 0.3) is 0 Å². The topological polar surface area (TPSA) is 43.6 Å². The lowest BCUT2D eigenvalue weighted by Crippen LogP contribution is -1.93. The van der Waals surface area contributed by atoms with Gasteiger partial charge in [-0.15, -0.1) is 5.10 Å². The van der Waals surface area contributed by atoms with Crippen molar-refractivity contribution in [2.75, 3.05) is 0 Å². The van der Waals surface area contributed by atoms with E-state index in [0.29, 0.717) is 15.8 Å². The Balaban J connectivity index is 2.08. The molecule has 16 heavy (non-hydrogen) atoms. The fourth-order valence-corrected chi connectivity index (χ4v) is 2.53. The van der Waals surface area contributed by atoms with Gasteiger partial charge in [0.1, 0.15) is 0 Å². The van der Waals surface area contributed by atoms with Crippen molar-refractivity contribution in [1.82, 2.24) is 20.2 Å². The Labute approximate surface area is 107 Å². The van der Waals surface area contributed by atoms with Gasteiger partial charge in [0.25, 0.3) is 0 Å². The molecule has 84 valence electrons. The van der Waals surface area contributed by atoms with Crippen LogP contribution in [-0.2, 0) is 12.8 Å². The Morgan fingerprint density at radius 3 is 2.81 bits per heavy atom. The Hall–Kier alpha value is -0.780. The Morgan fingerprint density at radius 2 is 2.19 bits per heavy atom. The lowest BCUT2D eigenvalue weighted by molar-refractivity contribution is 0.664. The highest BCUT2D eigenvalue weighted by atomic mass is 35.5. The van der Waals surface area contributed by atoms with Crippen LogP contribution in [0.5, 0.6) is 0 Å². The Morgan fingerprint density at radius 1 is 1.38 bits per heavy atom. The molecule has 0 N–H and O–H groups in total. The molecule has 0 atom stereocenters. The average molecular weight is 275 g/mol. The van der Waals surface area contributed by atoms with Crippen LogP contribution < -0.4 is 0 Å². The summed E-state index contributed by atoms with van der Waals surface area (Å²) in [6.45, 7) is 0. The second-order valence-electron chi connectivity index (χ2n) is 3.11. The van der Waals surface area contributed by atoms with Crippen molar-refractivity contribution < 1.29 is 0 Å². The number of thioether (sulfide) groups is 1. The molecule has 0 fully saturated rings. The summed E-state index contributed by atoms with van der Waals surface area (Å²) < 4.78 is 1.62. The van der Waals surface area contributed by atoms with E-state index in [1.165, 1.54) is 11.8 Å². The monoisotopic (exact) mass is 274 g/mol. The summed E-state index contributed by atoms with van der Waals surface area (Å²) in [5, 5.41) is 13.2. The van der Waals surface area contributed by atoms with Gasteiger partial charge in [-0.25, -0.2) is 4.68 Å². The number of halogens is 2. The number of tetrazole rings is 1. The largest absolute Gasteiger partial charge is 0.224 e. The number of hydrogen-bond acceptors (Lipinski definition) is 4. The number of aromatic nitrogens is 4. The molecule has 2 rings (SSSR count). The highest BCUT2D eigenvalue weighted by molar-refractivity contribution is 7.98. The fraction of sp³-hybridized carbons (Fsp3) is 0.222. The van der Waals surface area contributed by atoms with E-state index in [9.17, 15) is 0 Å². The summed E-state index contributed by atoms with van der Waals surface area (Å²) in [4.78, 5) is 0. The van der Waals surface area contributed by atoms with Crippen LogP contribution in [0.4, 0.5) is 0 Å². The molecule has 0 spiro atoms. The van der Waals surface area contributed by atoms with Crippen LogP contribution in [0.3, 0.4) is 0 Å². The number of rotatable bonds is 3. The van der Waals surface area contributed by atoms with E-state index >= 15 is 0 Å². The second kappa shape index (κ2) is 5.03. The van der Waals surface area contributed by atoms with Crippen LogP contribution in [0.1, 0.15) is 5.56 Å². The third-order valence-electron chi connectivity index (χ3n) is 1.95.